The second-order valence-electron chi connectivity index (χ2n) is 7.77. The summed E-state index contributed by atoms with van der Waals surface area (Å²) in [4.78, 5) is 15.7. The molecule has 1 aromatic carbocycles. The molecule has 2 fully saturated rings. The maximum Gasteiger partial charge on any atom is 0.233 e. The van der Waals surface area contributed by atoms with Crippen LogP contribution in [0, 0.1) is 12.8 Å². The molecule has 1 N–H and O–H groups in total. The Hall–Kier alpha value is -1.55. The first-order valence-corrected chi connectivity index (χ1v) is 9.70. The normalized spacial score (nSPS) is 20.7. The molecule has 4 heteroatoms. The first-order valence-electron chi connectivity index (χ1n) is 9.70. The number of piperidine rings is 1. The lowest BCUT2D eigenvalue weighted by Crippen LogP contribution is -2.49. The van der Waals surface area contributed by atoms with Gasteiger partial charge in [-0.2, -0.15) is 0 Å². The molecule has 3 rings (SSSR count). The standard InChI is InChI=1S/C21H32N2O2/c1-16-6-7-18(14-19(16)25-3)21(10-4-5-11-21)20(24)23-12-8-17(9-13-23)15-22-2/h6-7,14,17,22H,4-5,8-13,15H2,1-3H3. The Labute approximate surface area is 151 Å². The SMILES string of the molecule is CNCC1CCN(C(=O)C2(c3ccc(C)c(OC)c3)CCCC2)CC1. The molecular weight excluding hydrogens is 312 g/mol. The first-order chi connectivity index (χ1) is 12.1. The molecule has 0 spiro atoms. The van der Waals surface area contributed by atoms with E-state index in [9.17, 15) is 4.79 Å². The zero-order chi connectivity index (χ0) is 17.9. The molecule has 1 saturated carbocycles. The first kappa shape index (κ1) is 18.2. The van der Waals surface area contributed by atoms with Crippen LogP contribution in [0.1, 0.15) is 49.7 Å². The molecule has 1 amide bonds. The molecule has 1 aliphatic carbocycles. The highest BCUT2D eigenvalue weighted by Crippen LogP contribution is 2.44. The molecule has 0 radical (unpaired) electrons. The molecule has 0 aromatic heterocycles. The van der Waals surface area contributed by atoms with Gasteiger partial charge >= 0.3 is 0 Å². The number of hydrogen-bond donors (Lipinski definition) is 1. The third-order valence-electron chi connectivity index (χ3n) is 6.22. The van der Waals surface area contributed by atoms with E-state index in [1.807, 2.05) is 7.05 Å². The molecule has 1 aromatic rings. The van der Waals surface area contributed by atoms with Gasteiger partial charge in [0.2, 0.25) is 5.91 Å². The minimum atomic E-state index is -0.336. The van der Waals surface area contributed by atoms with E-state index in [0.717, 1.165) is 75.0 Å². The molecule has 0 unspecified atom stereocenters. The van der Waals surface area contributed by atoms with Gasteiger partial charge in [-0.15, -0.1) is 0 Å². The number of hydrogen-bond acceptors (Lipinski definition) is 3. The van der Waals surface area contributed by atoms with Crippen molar-refractivity contribution in [3.63, 3.8) is 0 Å². The van der Waals surface area contributed by atoms with Gasteiger partial charge in [-0.25, -0.2) is 0 Å². The average Bonchev–Trinajstić information content (AvgIpc) is 3.13. The Morgan fingerprint density at radius 3 is 2.56 bits per heavy atom. The molecule has 1 saturated heterocycles. The number of carbonyl (C=O) groups excluding carboxylic acids is 1. The third kappa shape index (κ3) is 3.55. The van der Waals surface area contributed by atoms with Gasteiger partial charge in [0.05, 0.1) is 12.5 Å². The molecule has 138 valence electrons. The minimum absolute atomic E-state index is 0.336. The van der Waals surface area contributed by atoms with E-state index in [0.29, 0.717) is 11.8 Å². The monoisotopic (exact) mass is 344 g/mol. The number of benzene rings is 1. The van der Waals surface area contributed by atoms with Crippen molar-refractivity contribution in [2.45, 2.75) is 50.9 Å². The number of ether oxygens (including phenoxy) is 1. The summed E-state index contributed by atoms with van der Waals surface area (Å²) in [7, 11) is 3.72. The van der Waals surface area contributed by atoms with Gasteiger partial charge in [-0.1, -0.05) is 25.0 Å². The number of nitrogens with zero attached hydrogens (tertiary/aromatic N) is 1. The van der Waals surface area contributed by atoms with Crippen LogP contribution in [0.15, 0.2) is 18.2 Å². The van der Waals surface area contributed by atoms with Crippen LogP contribution in [0.25, 0.3) is 0 Å². The van der Waals surface area contributed by atoms with E-state index in [2.05, 4.69) is 35.3 Å². The fourth-order valence-corrected chi connectivity index (χ4v) is 4.65. The smallest absolute Gasteiger partial charge is 0.233 e. The highest BCUT2D eigenvalue weighted by molar-refractivity contribution is 5.89. The van der Waals surface area contributed by atoms with Gasteiger partial charge in [-0.05, 0) is 69.3 Å². The number of aryl methyl sites for hydroxylation is 1. The summed E-state index contributed by atoms with van der Waals surface area (Å²) in [5.41, 5.74) is 1.94. The summed E-state index contributed by atoms with van der Waals surface area (Å²) in [6, 6.07) is 6.35. The fraction of sp³-hybridized carbons (Fsp3) is 0.667. The van der Waals surface area contributed by atoms with Crippen molar-refractivity contribution in [3.8, 4) is 5.75 Å². The van der Waals surface area contributed by atoms with Crippen molar-refractivity contribution in [1.82, 2.24) is 10.2 Å². The summed E-state index contributed by atoms with van der Waals surface area (Å²) >= 11 is 0. The average molecular weight is 344 g/mol. The predicted molar refractivity (Wildman–Crippen MR) is 101 cm³/mol. The highest BCUT2D eigenvalue weighted by atomic mass is 16.5. The fourth-order valence-electron chi connectivity index (χ4n) is 4.65. The quantitative estimate of drug-likeness (QED) is 0.891. The summed E-state index contributed by atoms with van der Waals surface area (Å²) in [6.45, 7) is 4.91. The zero-order valence-electron chi connectivity index (χ0n) is 15.9. The molecule has 4 nitrogen and oxygen atoms in total. The Morgan fingerprint density at radius 2 is 1.96 bits per heavy atom. The van der Waals surface area contributed by atoms with E-state index in [4.69, 9.17) is 4.74 Å². The Bertz CT molecular complexity index is 600. The van der Waals surface area contributed by atoms with Crippen LogP contribution in [-0.4, -0.2) is 44.6 Å². The van der Waals surface area contributed by atoms with Crippen molar-refractivity contribution in [2.75, 3.05) is 33.8 Å². The zero-order valence-corrected chi connectivity index (χ0v) is 15.9. The largest absolute Gasteiger partial charge is 0.496 e. The van der Waals surface area contributed by atoms with Crippen LogP contribution in [0.3, 0.4) is 0 Å². The number of carbonyl (C=O) groups is 1. The van der Waals surface area contributed by atoms with Crippen LogP contribution >= 0.6 is 0 Å². The van der Waals surface area contributed by atoms with Gasteiger partial charge in [0.25, 0.3) is 0 Å². The van der Waals surface area contributed by atoms with Crippen LogP contribution in [-0.2, 0) is 10.2 Å². The summed E-state index contributed by atoms with van der Waals surface area (Å²) < 4.78 is 5.52. The lowest BCUT2D eigenvalue weighted by molar-refractivity contribution is -0.138. The lowest BCUT2D eigenvalue weighted by atomic mass is 9.76. The summed E-state index contributed by atoms with van der Waals surface area (Å²) in [6.07, 6.45) is 6.43. The Kier molecular flexibility index (Phi) is 5.67. The van der Waals surface area contributed by atoms with Crippen molar-refractivity contribution in [3.05, 3.63) is 29.3 Å². The maximum atomic E-state index is 13.5. The van der Waals surface area contributed by atoms with Crippen LogP contribution in [0.2, 0.25) is 0 Å². The Balaban J connectivity index is 1.82. The van der Waals surface area contributed by atoms with Gasteiger partial charge in [-0.3, -0.25) is 4.79 Å². The Morgan fingerprint density at radius 1 is 1.28 bits per heavy atom. The number of nitrogens with one attached hydrogen (secondary N) is 1. The summed E-state index contributed by atoms with van der Waals surface area (Å²) in [5, 5.41) is 3.27. The van der Waals surface area contributed by atoms with Crippen LogP contribution in [0.4, 0.5) is 0 Å². The maximum absolute atomic E-state index is 13.5. The molecule has 25 heavy (non-hydrogen) atoms. The van der Waals surface area contributed by atoms with Crippen molar-refractivity contribution in [1.29, 1.82) is 0 Å². The van der Waals surface area contributed by atoms with Crippen molar-refractivity contribution < 1.29 is 9.53 Å². The number of rotatable bonds is 5. The molecule has 0 bridgehead atoms. The number of likely N-dealkylation sites (tertiary alicyclic amines) is 1. The van der Waals surface area contributed by atoms with Crippen LogP contribution < -0.4 is 10.1 Å². The van der Waals surface area contributed by atoms with Crippen molar-refractivity contribution >= 4 is 5.91 Å². The summed E-state index contributed by atoms with van der Waals surface area (Å²) in [5.74, 6) is 1.94. The molecule has 1 aliphatic heterocycles. The second-order valence-corrected chi connectivity index (χ2v) is 7.77. The van der Waals surface area contributed by atoms with E-state index < -0.39 is 0 Å². The number of amides is 1. The molecular formula is C21H32N2O2. The van der Waals surface area contributed by atoms with Gasteiger partial charge in [0.15, 0.2) is 0 Å². The van der Waals surface area contributed by atoms with E-state index in [-0.39, 0.29) is 5.41 Å². The van der Waals surface area contributed by atoms with Gasteiger partial charge < -0.3 is 15.0 Å². The molecule has 1 heterocycles. The molecule has 2 aliphatic rings. The highest BCUT2D eigenvalue weighted by Gasteiger charge is 2.45. The lowest BCUT2D eigenvalue weighted by Gasteiger charge is -2.39. The van der Waals surface area contributed by atoms with E-state index >= 15 is 0 Å². The number of methoxy groups -OCH3 is 1. The van der Waals surface area contributed by atoms with E-state index in [1.165, 1.54) is 0 Å². The topological polar surface area (TPSA) is 41.6 Å². The van der Waals surface area contributed by atoms with Crippen molar-refractivity contribution in [2.24, 2.45) is 5.92 Å². The van der Waals surface area contributed by atoms with Gasteiger partial charge in [0.1, 0.15) is 5.75 Å². The van der Waals surface area contributed by atoms with Gasteiger partial charge in [0, 0.05) is 13.1 Å². The predicted octanol–water partition coefficient (Wildman–Crippen LogP) is 3.27. The van der Waals surface area contributed by atoms with E-state index in [1.54, 1.807) is 7.11 Å². The second kappa shape index (κ2) is 7.77. The third-order valence-corrected chi connectivity index (χ3v) is 6.22. The molecule has 0 atom stereocenters. The van der Waals surface area contributed by atoms with Crippen LogP contribution in [0.5, 0.6) is 5.75 Å². The minimum Gasteiger partial charge on any atom is -0.496 e.